The fraction of sp³-hybridized carbons (Fsp3) is 0.0656. The van der Waals surface area contributed by atoms with Crippen molar-refractivity contribution >= 4 is 53.3 Å². The second-order valence-electron chi connectivity index (χ2n) is 18.0. The number of thiophene rings is 1. The van der Waals surface area contributed by atoms with E-state index in [0.29, 0.717) is 83.9 Å². The second-order valence-corrected chi connectivity index (χ2v) is 19.1. The molecule has 72 heavy (non-hydrogen) atoms. The van der Waals surface area contributed by atoms with Crippen LogP contribution in [0.5, 0.6) is 0 Å². The molecule has 3 aromatic heterocycles. The number of fused-ring (bicyclic) bond motifs is 6. The zero-order valence-corrected chi connectivity index (χ0v) is 39.3. The number of hydrogen-bond acceptors (Lipinski definition) is 4. The average Bonchev–Trinajstić information content (AvgIpc) is 3.92. The summed E-state index contributed by atoms with van der Waals surface area (Å²) in [7, 11) is 0. The van der Waals surface area contributed by atoms with Gasteiger partial charge in [-0.25, -0.2) is 15.0 Å². The van der Waals surface area contributed by atoms with Gasteiger partial charge in [-0.15, -0.1) is 11.3 Å². The maximum atomic E-state index is 14.2. The van der Waals surface area contributed by atoms with E-state index in [2.05, 4.69) is 47.0 Å². The summed E-state index contributed by atoms with van der Waals surface area (Å²) in [4.78, 5) is 15.4. The van der Waals surface area contributed by atoms with Gasteiger partial charge in [0.05, 0.1) is 27.8 Å². The Balaban J connectivity index is 1.14. The molecule has 4 nitrogen and oxygen atoms in total. The molecule has 9 aromatic carbocycles. The Hall–Kier alpha value is -8.41. The van der Waals surface area contributed by atoms with Crippen molar-refractivity contribution in [3.05, 3.63) is 216 Å². The Bertz CT molecular complexity index is 3920. The second kappa shape index (κ2) is 17.2. The molecule has 0 saturated heterocycles. The van der Waals surface area contributed by atoms with Gasteiger partial charge in [0.15, 0.2) is 17.5 Å². The lowest BCUT2D eigenvalue weighted by atomic mass is 9.96. The molecule has 0 radical (unpaired) electrons. The lowest BCUT2D eigenvalue weighted by Crippen LogP contribution is -2.05. The minimum atomic E-state index is -4.57. The highest BCUT2D eigenvalue weighted by Crippen LogP contribution is 2.44. The van der Waals surface area contributed by atoms with Crippen LogP contribution < -0.4 is 0 Å². The summed E-state index contributed by atoms with van der Waals surface area (Å²) < 4.78 is 89.8. The van der Waals surface area contributed by atoms with E-state index in [4.69, 9.17) is 15.0 Å². The standard InChI is InChI=1S/C61H38F6N4S/c1-35-25-43(29-45(27-35)60(62,63)64)40-19-22-52-49(31-40)50-32-41(44-26-36(2)28-46(30-44)61(65,66)67)20-23-53(50)71(52)54-24-18-39(42-17-21-48-47-15-9-10-16-55(47)72-56(48)34-42)33-51(54)59-69-57(37-11-5-3-6-12-37)68-58(70-59)38-13-7-4-8-14-38/h3-34H,1-2H3. The molecule has 0 saturated carbocycles. The van der Waals surface area contributed by atoms with Gasteiger partial charge in [-0.05, 0) is 131 Å². The maximum Gasteiger partial charge on any atom is 0.416 e. The highest BCUT2D eigenvalue weighted by molar-refractivity contribution is 7.25. The number of benzene rings is 9. The van der Waals surface area contributed by atoms with Crippen LogP contribution in [-0.4, -0.2) is 19.5 Å². The zero-order chi connectivity index (χ0) is 49.5. The monoisotopic (exact) mass is 972 g/mol. The van der Waals surface area contributed by atoms with Gasteiger partial charge in [-0.2, -0.15) is 26.3 Å². The van der Waals surface area contributed by atoms with E-state index < -0.39 is 23.5 Å². The molecule has 0 aliphatic heterocycles. The first-order valence-electron chi connectivity index (χ1n) is 23.1. The Morgan fingerprint density at radius 1 is 0.361 bits per heavy atom. The third kappa shape index (κ3) is 8.15. The summed E-state index contributed by atoms with van der Waals surface area (Å²) >= 11 is 1.73. The summed E-state index contributed by atoms with van der Waals surface area (Å²) in [5.74, 6) is 1.32. The van der Waals surface area contributed by atoms with Gasteiger partial charge < -0.3 is 4.57 Å². The summed E-state index contributed by atoms with van der Waals surface area (Å²) in [6, 6.07) is 59.5. The fourth-order valence-electron chi connectivity index (χ4n) is 9.79. The minimum Gasteiger partial charge on any atom is -0.308 e. The fourth-order valence-corrected chi connectivity index (χ4v) is 10.9. The van der Waals surface area contributed by atoms with Crippen molar-refractivity contribution in [2.24, 2.45) is 0 Å². The predicted molar refractivity (Wildman–Crippen MR) is 279 cm³/mol. The molecule has 0 unspecified atom stereocenters. The topological polar surface area (TPSA) is 43.6 Å². The molecular formula is C61H38F6N4S. The van der Waals surface area contributed by atoms with Gasteiger partial charge in [-0.3, -0.25) is 0 Å². The van der Waals surface area contributed by atoms with Gasteiger partial charge >= 0.3 is 12.4 Å². The van der Waals surface area contributed by atoms with Crippen LogP contribution in [0.15, 0.2) is 194 Å². The van der Waals surface area contributed by atoms with E-state index >= 15 is 0 Å². The molecule has 12 aromatic rings. The maximum absolute atomic E-state index is 14.2. The third-order valence-electron chi connectivity index (χ3n) is 13.1. The van der Waals surface area contributed by atoms with Gasteiger partial charge in [0.1, 0.15) is 0 Å². The highest BCUT2D eigenvalue weighted by atomic mass is 32.1. The lowest BCUT2D eigenvalue weighted by Gasteiger charge is -2.17. The van der Waals surface area contributed by atoms with Crippen molar-refractivity contribution in [2.45, 2.75) is 26.2 Å². The quantitative estimate of drug-likeness (QED) is 0.150. The van der Waals surface area contributed by atoms with E-state index in [1.54, 1.807) is 37.3 Å². The number of aromatic nitrogens is 4. The van der Waals surface area contributed by atoms with E-state index in [-0.39, 0.29) is 0 Å². The normalized spacial score (nSPS) is 12.2. The average molecular weight is 973 g/mol. The first kappa shape index (κ1) is 44.8. The number of halogens is 6. The first-order chi connectivity index (χ1) is 34.7. The molecule has 0 spiro atoms. The number of rotatable bonds is 7. The molecule has 0 amide bonds. The SMILES string of the molecule is Cc1cc(-c2ccc3c(c2)c2cc(-c4cc(C)cc(C(F)(F)F)c4)ccc2n3-c2ccc(-c3ccc4c(c3)sc3ccccc34)cc2-c2nc(-c3ccccc3)nc(-c3ccccc3)n2)cc(C(F)(F)F)c1. The van der Waals surface area contributed by atoms with Crippen LogP contribution in [0.3, 0.4) is 0 Å². The van der Waals surface area contributed by atoms with Crippen LogP contribution in [0, 0.1) is 13.8 Å². The molecule has 0 bridgehead atoms. The molecule has 0 aliphatic rings. The van der Waals surface area contributed by atoms with Gasteiger partial charge in [0.2, 0.25) is 0 Å². The van der Waals surface area contributed by atoms with Gasteiger partial charge in [-0.1, -0.05) is 121 Å². The Labute approximate surface area is 413 Å². The molecular weight excluding hydrogens is 935 g/mol. The van der Waals surface area contributed by atoms with E-state index in [1.165, 1.54) is 15.5 Å². The van der Waals surface area contributed by atoms with Crippen LogP contribution >= 0.6 is 11.3 Å². The van der Waals surface area contributed by atoms with Crippen molar-refractivity contribution in [1.29, 1.82) is 0 Å². The number of hydrogen-bond donors (Lipinski definition) is 0. The molecule has 350 valence electrons. The van der Waals surface area contributed by atoms with Crippen molar-refractivity contribution < 1.29 is 26.3 Å². The molecule has 0 N–H and O–H groups in total. The Morgan fingerprint density at radius 2 is 0.819 bits per heavy atom. The van der Waals surface area contributed by atoms with Crippen molar-refractivity contribution in [1.82, 2.24) is 19.5 Å². The molecule has 0 aliphatic carbocycles. The van der Waals surface area contributed by atoms with Crippen molar-refractivity contribution in [3.63, 3.8) is 0 Å². The van der Waals surface area contributed by atoms with Gasteiger partial charge in [0.25, 0.3) is 0 Å². The van der Waals surface area contributed by atoms with Gasteiger partial charge in [0, 0.05) is 47.6 Å². The number of alkyl halides is 6. The zero-order valence-electron chi connectivity index (χ0n) is 38.4. The number of aryl methyl sites for hydroxylation is 2. The molecule has 0 fully saturated rings. The molecule has 11 heteroatoms. The van der Waals surface area contributed by atoms with Crippen LogP contribution in [0.2, 0.25) is 0 Å². The Kier molecular flexibility index (Phi) is 10.7. The summed E-state index contributed by atoms with van der Waals surface area (Å²) in [5.41, 5.74) is 7.43. The lowest BCUT2D eigenvalue weighted by molar-refractivity contribution is -0.138. The first-order valence-corrected chi connectivity index (χ1v) is 23.9. The smallest absolute Gasteiger partial charge is 0.308 e. The van der Waals surface area contributed by atoms with Crippen molar-refractivity contribution in [3.8, 4) is 73.2 Å². The van der Waals surface area contributed by atoms with Crippen LogP contribution in [0.4, 0.5) is 26.3 Å². The number of nitrogens with zero attached hydrogens (tertiary/aromatic N) is 4. The van der Waals surface area contributed by atoms with Crippen LogP contribution in [0.1, 0.15) is 22.3 Å². The predicted octanol–water partition coefficient (Wildman–Crippen LogP) is 18.0. The molecule has 0 atom stereocenters. The molecule has 3 heterocycles. The summed E-state index contributed by atoms with van der Waals surface area (Å²) in [5, 5.41) is 3.72. The van der Waals surface area contributed by atoms with Crippen molar-refractivity contribution in [2.75, 3.05) is 0 Å². The Morgan fingerprint density at radius 3 is 1.38 bits per heavy atom. The minimum absolute atomic E-state index is 0.377. The van der Waals surface area contributed by atoms with E-state index in [1.807, 2.05) is 115 Å². The summed E-state index contributed by atoms with van der Waals surface area (Å²) in [6.45, 7) is 3.26. The van der Waals surface area contributed by atoms with Crippen LogP contribution in [0.25, 0.3) is 115 Å². The third-order valence-corrected chi connectivity index (χ3v) is 14.3. The summed E-state index contributed by atoms with van der Waals surface area (Å²) in [6.07, 6.45) is -9.14. The van der Waals surface area contributed by atoms with E-state index in [9.17, 15) is 26.3 Å². The molecule has 12 rings (SSSR count). The van der Waals surface area contributed by atoms with E-state index in [0.717, 1.165) is 51.2 Å². The largest absolute Gasteiger partial charge is 0.416 e. The highest BCUT2D eigenvalue weighted by Gasteiger charge is 2.32. The van der Waals surface area contributed by atoms with Crippen LogP contribution in [-0.2, 0) is 12.4 Å².